The van der Waals surface area contributed by atoms with Crippen LogP contribution >= 0.6 is 0 Å². The summed E-state index contributed by atoms with van der Waals surface area (Å²) in [5.41, 5.74) is 2.90. The lowest BCUT2D eigenvalue weighted by Gasteiger charge is -2.25. The molecule has 1 saturated heterocycles. The van der Waals surface area contributed by atoms with Gasteiger partial charge in [0.05, 0.1) is 6.04 Å². The molecule has 28 heavy (non-hydrogen) atoms. The van der Waals surface area contributed by atoms with E-state index >= 15 is 0 Å². The lowest BCUT2D eigenvalue weighted by Crippen LogP contribution is -2.36. The van der Waals surface area contributed by atoms with Gasteiger partial charge in [-0.25, -0.2) is 0 Å². The number of fused-ring (bicyclic) bond motifs is 1. The van der Waals surface area contributed by atoms with Gasteiger partial charge in [0.25, 0.3) is 5.91 Å². The third-order valence-electron chi connectivity index (χ3n) is 5.74. The van der Waals surface area contributed by atoms with E-state index in [9.17, 15) is 4.79 Å². The number of benzene rings is 1. The Morgan fingerprint density at radius 2 is 1.93 bits per heavy atom. The number of nitrogens with zero attached hydrogens (tertiary/aromatic N) is 1. The molecule has 1 N–H and O–H groups in total. The maximum atomic E-state index is 12.9. The first-order valence-electron chi connectivity index (χ1n) is 10.2. The van der Waals surface area contributed by atoms with E-state index in [1.807, 2.05) is 32.0 Å². The molecule has 0 bridgehead atoms. The van der Waals surface area contributed by atoms with Gasteiger partial charge in [0.15, 0.2) is 5.76 Å². The number of aryl methyl sites for hydroxylation is 3. The van der Waals surface area contributed by atoms with E-state index in [4.69, 9.17) is 8.83 Å². The summed E-state index contributed by atoms with van der Waals surface area (Å²) in [5.74, 6) is 2.04. The average molecular weight is 380 g/mol. The van der Waals surface area contributed by atoms with Gasteiger partial charge in [-0.3, -0.25) is 9.69 Å². The van der Waals surface area contributed by atoms with Crippen molar-refractivity contribution in [1.29, 1.82) is 0 Å². The smallest absolute Gasteiger partial charge is 0.287 e. The fourth-order valence-electron chi connectivity index (χ4n) is 4.07. The van der Waals surface area contributed by atoms with E-state index in [1.54, 1.807) is 0 Å². The molecule has 1 fully saturated rings. The summed E-state index contributed by atoms with van der Waals surface area (Å²) in [7, 11) is 0. The molecule has 2 aromatic heterocycles. The highest BCUT2D eigenvalue weighted by Gasteiger charge is 2.27. The van der Waals surface area contributed by atoms with Gasteiger partial charge in [0, 0.05) is 17.5 Å². The Bertz CT molecular complexity index is 979. The van der Waals surface area contributed by atoms with Crippen molar-refractivity contribution in [2.75, 3.05) is 19.6 Å². The molecule has 0 saturated carbocycles. The number of likely N-dealkylation sites (tertiary alicyclic amines) is 1. The maximum Gasteiger partial charge on any atom is 0.287 e. The molecule has 1 atom stereocenters. The van der Waals surface area contributed by atoms with Crippen LogP contribution in [0.15, 0.2) is 39.2 Å². The fraction of sp³-hybridized carbons (Fsp3) is 0.435. The second kappa shape index (κ2) is 7.84. The monoisotopic (exact) mass is 380 g/mol. The van der Waals surface area contributed by atoms with E-state index in [-0.39, 0.29) is 11.9 Å². The van der Waals surface area contributed by atoms with Gasteiger partial charge < -0.3 is 14.2 Å². The standard InChI is InChI=1S/C23H28N2O3/c1-4-17-8-10-20-18(13-17)16(3)22(28-20)23(26)24-14-19(25-11-5-6-12-25)21-9-7-15(2)27-21/h7-10,13,19H,4-6,11-12,14H2,1-3H3,(H,24,26)/t19-/m0/s1. The number of nitrogens with one attached hydrogen (secondary N) is 1. The largest absolute Gasteiger partial charge is 0.465 e. The Balaban J connectivity index is 1.53. The molecule has 1 aliphatic rings. The van der Waals surface area contributed by atoms with E-state index in [2.05, 4.69) is 29.3 Å². The van der Waals surface area contributed by atoms with Crippen LogP contribution in [0.4, 0.5) is 0 Å². The summed E-state index contributed by atoms with van der Waals surface area (Å²) in [5, 5.41) is 4.10. The molecule has 0 aliphatic carbocycles. The molecular weight excluding hydrogens is 352 g/mol. The van der Waals surface area contributed by atoms with Crippen molar-refractivity contribution in [1.82, 2.24) is 10.2 Å². The van der Waals surface area contributed by atoms with Crippen molar-refractivity contribution >= 4 is 16.9 Å². The van der Waals surface area contributed by atoms with Gasteiger partial charge in [0.1, 0.15) is 17.1 Å². The quantitative estimate of drug-likeness (QED) is 0.669. The highest BCUT2D eigenvalue weighted by atomic mass is 16.3. The normalized spacial score (nSPS) is 16.0. The Hall–Kier alpha value is -2.53. The molecule has 1 amide bonds. The number of hydrogen-bond donors (Lipinski definition) is 1. The van der Waals surface area contributed by atoms with Crippen LogP contribution in [0, 0.1) is 13.8 Å². The van der Waals surface area contributed by atoms with Crippen LogP contribution < -0.4 is 5.32 Å². The third kappa shape index (κ3) is 3.59. The number of hydrogen-bond acceptors (Lipinski definition) is 4. The van der Waals surface area contributed by atoms with Crippen LogP contribution in [0.5, 0.6) is 0 Å². The zero-order valence-corrected chi connectivity index (χ0v) is 16.9. The van der Waals surface area contributed by atoms with Gasteiger partial charge in [0.2, 0.25) is 0 Å². The topological polar surface area (TPSA) is 58.6 Å². The third-order valence-corrected chi connectivity index (χ3v) is 5.74. The summed E-state index contributed by atoms with van der Waals surface area (Å²) >= 11 is 0. The Morgan fingerprint density at radius 3 is 2.61 bits per heavy atom. The minimum Gasteiger partial charge on any atom is -0.465 e. The molecule has 3 aromatic rings. The first kappa shape index (κ1) is 18.8. The Labute approximate surface area is 165 Å². The van der Waals surface area contributed by atoms with Crippen molar-refractivity contribution in [2.45, 2.75) is 46.1 Å². The van der Waals surface area contributed by atoms with Crippen LogP contribution in [0.25, 0.3) is 11.0 Å². The summed E-state index contributed by atoms with van der Waals surface area (Å²) in [6, 6.07) is 10.2. The van der Waals surface area contributed by atoms with E-state index in [0.717, 1.165) is 47.6 Å². The second-order valence-electron chi connectivity index (χ2n) is 7.66. The van der Waals surface area contributed by atoms with Crippen molar-refractivity contribution in [2.24, 2.45) is 0 Å². The van der Waals surface area contributed by atoms with Crippen LogP contribution in [0.2, 0.25) is 0 Å². The van der Waals surface area contributed by atoms with Crippen LogP contribution in [0.3, 0.4) is 0 Å². The number of carbonyl (C=O) groups is 1. The van der Waals surface area contributed by atoms with Crippen LogP contribution in [-0.2, 0) is 6.42 Å². The van der Waals surface area contributed by atoms with E-state index < -0.39 is 0 Å². The summed E-state index contributed by atoms with van der Waals surface area (Å²) in [4.78, 5) is 15.3. The van der Waals surface area contributed by atoms with Crippen molar-refractivity contribution in [3.63, 3.8) is 0 Å². The molecule has 5 heteroatoms. The lowest BCUT2D eigenvalue weighted by molar-refractivity contribution is 0.0907. The summed E-state index contributed by atoms with van der Waals surface area (Å²) in [6.07, 6.45) is 3.33. The number of amides is 1. The summed E-state index contributed by atoms with van der Waals surface area (Å²) in [6.45, 7) is 8.59. The first-order valence-corrected chi connectivity index (χ1v) is 10.2. The molecule has 1 aromatic carbocycles. The number of carbonyl (C=O) groups excluding carboxylic acids is 1. The molecule has 0 spiro atoms. The molecule has 4 rings (SSSR count). The Morgan fingerprint density at radius 1 is 1.14 bits per heavy atom. The molecule has 3 heterocycles. The minimum atomic E-state index is -0.167. The molecular formula is C23H28N2O3. The van der Waals surface area contributed by atoms with E-state index in [0.29, 0.717) is 12.3 Å². The molecule has 148 valence electrons. The average Bonchev–Trinajstić information content (AvgIpc) is 3.43. The molecule has 1 aliphatic heterocycles. The van der Waals surface area contributed by atoms with Crippen molar-refractivity contribution < 1.29 is 13.6 Å². The highest BCUT2D eigenvalue weighted by Crippen LogP contribution is 2.28. The highest BCUT2D eigenvalue weighted by molar-refractivity contribution is 5.99. The number of rotatable bonds is 6. The zero-order valence-electron chi connectivity index (χ0n) is 16.9. The van der Waals surface area contributed by atoms with E-state index in [1.165, 1.54) is 18.4 Å². The Kier molecular flexibility index (Phi) is 5.27. The second-order valence-corrected chi connectivity index (χ2v) is 7.66. The molecule has 0 radical (unpaired) electrons. The fourth-order valence-corrected chi connectivity index (χ4v) is 4.07. The SMILES string of the molecule is CCc1ccc2oc(C(=O)NC[C@@H](c3ccc(C)o3)N3CCCC3)c(C)c2c1. The maximum absolute atomic E-state index is 12.9. The van der Waals surface area contributed by atoms with Gasteiger partial charge in [-0.05, 0) is 76.0 Å². The zero-order chi connectivity index (χ0) is 19.7. The van der Waals surface area contributed by atoms with Gasteiger partial charge >= 0.3 is 0 Å². The van der Waals surface area contributed by atoms with Crippen LogP contribution in [-0.4, -0.2) is 30.4 Å². The predicted octanol–water partition coefficient (Wildman–Crippen LogP) is 4.77. The minimum absolute atomic E-state index is 0.0523. The van der Waals surface area contributed by atoms with Gasteiger partial charge in [-0.1, -0.05) is 13.0 Å². The van der Waals surface area contributed by atoms with Gasteiger partial charge in [-0.2, -0.15) is 0 Å². The number of furan rings is 2. The van der Waals surface area contributed by atoms with Crippen LogP contribution in [0.1, 0.15) is 59.0 Å². The van der Waals surface area contributed by atoms with Crippen molar-refractivity contribution in [3.05, 3.63) is 58.7 Å². The van der Waals surface area contributed by atoms with Gasteiger partial charge in [-0.15, -0.1) is 0 Å². The molecule has 5 nitrogen and oxygen atoms in total. The first-order chi connectivity index (χ1) is 13.6. The molecule has 0 unspecified atom stereocenters. The lowest BCUT2D eigenvalue weighted by atomic mass is 10.1. The predicted molar refractivity (Wildman–Crippen MR) is 110 cm³/mol. The summed E-state index contributed by atoms with van der Waals surface area (Å²) < 4.78 is 11.8. The van der Waals surface area contributed by atoms with Crippen molar-refractivity contribution in [3.8, 4) is 0 Å².